The zero-order chi connectivity index (χ0) is 23.3. The first-order valence-corrected chi connectivity index (χ1v) is 11.7. The topological polar surface area (TPSA) is 26.5 Å². The van der Waals surface area contributed by atoms with Gasteiger partial charge in [-0.2, -0.15) is 5.70 Å². The summed E-state index contributed by atoms with van der Waals surface area (Å²) in [6, 6.07) is 13.1. The van der Waals surface area contributed by atoms with Crippen molar-refractivity contribution in [2.24, 2.45) is 4.99 Å². The average Bonchev–Trinajstić information content (AvgIpc) is 2.67. The number of aliphatic imine (C=N–C) groups is 1. The van der Waals surface area contributed by atoms with Crippen LogP contribution in [0.4, 0.5) is 11.4 Å². The number of hydrogen-bond donors (Lipinski definition) is 0. The minimum Gasteiger partial charge on any atom is -1.00 e. The van der Waals surface area contributed by atoms with Gasteiger partial charge in [0.2, 0.25) is 0 Å². The van der Waals surface area contributed by atoms with E-state index in [0.717, 1.165) is 22.8 Å². The van der Waals surface area contributed by atoms with Crippen LogP contribution >= 0.6 is 0 Å². The van der Waals surface area contributed by atoms with Gasteiger partial charge in [0.15, 0.2) is 0 Å². The Kier molecular flexibility index (Phi) is 13.7. The molecule has 0 atom stereocenters. The molecule has 2 aromatic rings. The molecule has 0 aliphatic rings. The summed E-state index contributed by atoms with van der Waals surface area (Å²) in [6.45, 7) is 22.1. The molecule has 0 N–H and O–H groups in total. The van der Waals surface area contributed by atoms with Crippen LogP contribution in [0.5, 0.6) is 0 Å². The molecule has 0 aromatic heterocycles. The minimum absolute atomic E-state index is 0. The predicted octanol–water partition coefficient (Wildman–Crippen LogP) is 6.51. The molecule has 0 unspecified atom stereocenters. The Morgan fingerprint density at radius 2 is 1.06 bits per heavy atom. The van der Waals surface area contributed by atoms with E-state index in [1.54, 1.807) is 0 Å². The van der Waals surface area contributed by atoms with Crippen LogP contribution in [0.25, 0.3) is 5.32 Å². The van der Waals surface area contributed by atoms with E-state index < -0.39 is 0 Å². The Hall–Kier alpha value is -1.26. The summed E-state index contributed by atoms with van der Waals surface area (Å²) < 4.78 is 0. The summed E-state index contributed by atoms with van der Waals surface area (Å²) in [6.07, 6.45) is 2.11. The number of halogens is 1. The van der Waals surface area contributed by atoms with E-state index >= 15 is 0 Å². The van der Waals surface area contributed by atoms with Crippen LogP contribution in [0.1, 0.15) is 115 Å². The van der Waals surface area contributed by atoms with Gasteiger partial charge in [0.05, 0.1) is 5.69 Å². The van der Waals surface area contributed by atoms with Gasteiger partial charge in [-0.1, -0.05) is 116 Å². The van der Waals surface area contributed by atoms with Crippen LogP contribution in [-0.2, 0) is 0 Å². The summed E-state index contributed by atoms with van der Waals surface area (Å²) >= 11 is 0. The summed E-state index contributed by atoms with van der Waals surface area (Å²) in [5.74, 6) is 1.75. The maximum Gasteiger partial charge on any atom is 2.00 e. The molecule has 2 aromatic carbocycles. The van der Waals surface area contributed by atoms with Gasteiger partial charge in [-0.3, -0.25) is 4.99 Å². The van der Waals surface area contributed by atoms with Crippen LogP contribution in [-0.4, -0.2) is 29.6 Å². The van der Waals surface area contributed by atoms with E-state index in [4.69, 9.17) is 10.3 Å². The van der Waals surface area contributed by atoms with Crippen molar-refractivity contribution >= 4 is 41.0 Å². The molecule has 0 aliphatic heterocycles. The number of allylic oxidation sites excluding steroid dienone is 2. The van der Waals surface area contributed by atoms with Gasteiger partial charge < -0.3 is 17.7 Å². The predicted molar refractivity (Wildman–Crippen MR) is 145 cm³/mol. The second kappa shape index (κ2) is 14.2. The molecule has 0 bridgehead atoms. The first-order valence-electron chi connectivity index (χ1n) is 11.7. The molecule has 0 saturated carbocycles. The van der Waals surface area contributed by atoms with Gasteiger partial charge in [-0.05, 0) is 41.7 Å². The van der Waals surface area contributed by atoms with Gasteiger partial charge in [0, 0.05) is 5.71 Å². The van der Waals surface area contributed by atoms with E-state index in [2.05, 4.69) is 112 Å². The van der Waals surface area contributed by atoms with E-state index in [9.17, 15) is 0 Å². The number of nitrogens with zero attached hydrogens (tertiary/aromatic N) is 2. The van der Waals surface area contributed by atoms with E-state index in [0.29, 0.717) is 23.7 Å². The molecule has 0 fully saturated rings. The molecule has 2 nitrogen and oxygen atoms in total. The summed E-state index contributed by atoms with van der Waals surface area (Å²) in [7, 11) is 0. The number of benzene rings is 2. The summed E-state index contributed by atoms with van der Waals surface area (Å²) in [5, 5.41) is 5.08. The van der Waals surface area contributed by atoms with Gasteiger partial charge >= 0.3 is 23.9 Å². The molecule has 2 rings (SSSR count). The Morgan fingerprint density at radius 1 is 0.697 bits per heavy atom. The number of rotatable bonds is 8. The third-order valence-electron chi connectivity index (χ3n) is 5.68. The standard InChI is InChI=1S/C29H41N2.ClH.Sn/c1-18(2)24-13-11-14-25(19(3)4)28(24)30-22(9)17-23(10)31-29-26(20(5)6)15-12-16-27(29)21(7)8;;/h11-21H,1-10H3;1H;/q-1;;+2/p-1/b22-17+,31-23?;;. The molecule has 0 spiro atoms. The molecular formula is C29H41ClN2Sn. The third-order valence-corrected chi connectivity index (χ3v) is 5.68. The largest absolute Gasteiger partial charge is 2.00 e. The van der Waals surface area contributed by atoms with Gasteiger partial charge in [0.1, 0.15) is 0 Å². The van der Waals surface area contributed by atoms with Crippen LogP contribution in [0.2, 0.25) is 0 Å². The average molecular weight is 572 g/mol. The zero-order valence-electron chi connectivity index (χ0n) is 22.1. The molecule has 2 radical (unpaired) electrons. The van der Waals surface area contributed by atoms with Gasteiger partial charge in [0.25, 0.3) is 0 Å². The van der Waals surface area contributed by atoms with Crippen LogP contribution in [0.15, 0.2) is 53.2 Å². The second-order valence-corrected chi connectivity index (χ2v) is 9.84. The molecule has 0 amide bonds. The molecule has 33 heavy (non-hydrogen) atoms. The monoisotopic (exact) mass is 572 g/mol. The van der Waals surface area contributed by atoms with Crippen molar-refractivity contribution in [3.8, 4) is 0 Å². The molecule has 0 heterocycles. The van der Waals surface area contributed by atoms with Crippen molar-refractivity contribution < 1.29 is 12.4 Å². The van der Waals surface area contributed by atoms with Crippen LogP contribution < -0.4 is 12.4 Å². The first kappa shape index (κ1) is 31.7. The normalized spacial score (nSPS) is 12.3. The van der Waals surface area contributed by atoms with Crippen molar-refractivity contribution in [3.05, 3.63) is 75.7 Å². The second-order valence-electron chi connectivity index (χ2n) is 9.84. The van der Waals surface area contributed by atoms with Crippen molar-refractivity contribution in [2.75, 3.05) is 0 Å². The Labute approximate surface area is 226 Å². The van der Waals surface area contributed by atoms with E-state index in [-0.39, 0.29) is 36.3 Å². The Morgan fingerprint density at radius 3 is 1.42 bits per heavy atom. The fraction of sp³-hybridized carbons (Fsp3) is 0.483. The maximum atomic E-state index is 5.08. The van der Waals surface area contributed by atoms with E-state index in [1.165, 1.54) is 22.3 Å². The molecule has 0 aliphatic carbocycles. The van der Waals surface area contributed by atoms with Gasteiger partial charge in [-0.25, -0.2) is 0 Å². The minimum atomic E-state index is 0. The van der Waals surface area contributed by atoms with Crippen molar-refractivity contribution in [1.29, 1.82) is 0 Å². The molecule has 4 heteroatoms. The smallest absolute Gasteiger partial charge is 1.00 e. The number of hydrogen-bond acceptors (Lipinski definition) is 1. The van der Waals surface area contributed by atoms with Gasteiger partial charge in [-0.15, -0.1) is 5.69 Å². The van der Waals surface area contributed by atoms with Crippen LogP contribution in [0.3, 0.4) is 0 Å². The SMILES string of the molecule is CC(/C=C(\C)[N-]c1c(C(C)C)cccc1C(C)C)=Nc1c(C(C)C)cccc1C(C)C.[Cl-].[Sn+2]. The third kappa shape index (κ3) is 8.47. The van der Waals surface area contributed by atoms with Crippen molar-refractivity contribution in [1.82, 2.24) is 0 Å². The Balaban J connectivity index is 0.00000512. The summed E-state index contributed by atoms with van der Waals surface area (Å²) in [5.41, 5.74) is 9.45. The fourth-order valence-electron chi connectivity index (χ4n) is 4.00. The molecule has 0 saturated heterocycles. The van der Waals surface area contributed by atoms with Crippen molar-refractivity contribution in [3.63, 3.8) is 0 Å². The Bertz CT molecular complexity index is 904. The molecule has 178 valence electrons. The fourth-order valence-corrected chi connectivity index (χ4v) is 4.00. The van der Waals surface area contributed by atoms with E-state index in [1.807, 2.05) is 0 Å². The molecular weight excluding hydrogens is 530 g/mol. The quantitative estimate of drug-likeness (QED) is 0.255. The first-order chi connectivity index (χ1) is 14.5. The van der Waals surface area contributed by atoms with Crippen molar-refractivity contribution in [2.45, 2.75) is 92.9 Å². The van der Waals surface area contributed by atoms with Crippen LogP contribution in [0, 0.1) is 0 Å². The maximum absolute atomic E-state index is 5.08. The summed E-state index contributed by atoms with van der Waals surface area (Å²) in [4.78, 5) is 5.08. The number of para-hydroxylation sites is 2. The zero-order valence-corrected chi connectivity index (χ0v) is 25.7.